The van der Waals surface area contributed by atoms with Crippen LogP contribution < -0.4 is 0 Å². The van der Waals surface area contributed by atoms with Crippen LogP contribution in [0.3, 0.4) is 0 Å². The van der Waals surface area contributed by atoms with Crippen LogP contribution in [0.4, 0.5) is 0 Å². The van der Waals surface area contributed by atoms with Gasteiger partial charge in [-0.15, -0.1) is 11.8 Å². The summed E-state index contributed by atoms with van der Waals surface area (Å²) in [5.41, 5.74) is -1.13. The minimum absolute atomic E-state index is 0.0763. The Morgan fingerprint density at radius 3 is 2.31 bits per heavy atom. The molecule has 1 atom stereocenters. The SMILES string of the molecule is CC#CC(O)(C#CC)[C@H]1C=CCC1. The van der Waals surface area contributed by atoms with E-state index in [0.29, 0.717) is 0 Å². The number of rotatable bonds is 1. The van der Waals surface area contributed by atoms with Crippen molar-refractivity contribution >= 4 is 0 Å². The Morgan fingerprint density at radius 1 is 1.31 bits per heavy atom. The second kappa shape index (κ2) is 4.17. The van der Waals surface area contributed by atoms with Crippen LogP contribution in [-0.4, -0.2) is 10.7 Å². The van der Waals surface area contributed by atoms with Crippen molar-refractivity contribution in [2.24, 2.45) is 5.92 Å². The van der Waals surface area contributed by atoms with Gasteiger partial charge in [-0.1, -0.05) is 24.0 Å². The molecule has 1 aliphatic carbocycles. The first kappa shape index (κ1) is 9.90. The monoisotopic (exact) mass is 174 g/mol. The summed E-state index contributed by atoms with van der Waals surface area (Å²) in [6.07, 6.45) is 6.04. The Morgan fingerprint density at radius 2 is 1.92 bits per heavy atom. The van der Waals surface area contributed by atoms with E-state index in [1.807, 2.05) is 6.08 Å². The zero-order chi connectivity index (χ0) is 9.73. The van der Waals surface area contributed by atoms with E-state index in [-0.39, 0.29) is 5.92 Å². The highest BCUT2D eigenvalue weighted by atomic mass is 16.3. The first-order valence-corrected chi connectivity index (χ1v) is 4.50. The summed E-state index contributed by atoms with van der Waals surface area (Å²) in [5.74, 6) is 11.1. The fraction of sp³-hybridized carbons (Fsp3) is 0.500. The van der Waals surface area contributed by atoms with Gasteiger partial charge in [-0.2, -0.15) is 0 Å². The molecule has 13 heavy (non-hydrogen) atoms. The van der Waals surface area contributed by atoms with E-state index >= 15 is 0 Å². The van der Waals surface area contributed by atoms with Gasteiger partial charge in [0.25, 0.3) is 0 Å². The normalized spacial score (nSPS) is 20.1. The quantitative estimate of drug-likeness (QED) is 0.474. The maximum absolute atomic E-state index is 10.1. The average Bonchev–Trinajstić information content (AvgIpc) is 2.57. The van der Waals surface area contributed by atoms with Gasteiger partial charge in [0.1, 0.15) is 0 Å². The van der Waals surface area contributed by atoms with Crippen LogP contribution in [0.5, 0.6) is 0 Å². The van der Waals surface area contributed by atoms with Crippen LogP contribution in [0, 0.1) is 29.6 Å². The molecule has 1 rings (SSSR count). The Kier molecular flexibility index (Phi) is 3.18. The minimum atomic E-state index is -1.13. The number of hydrogen-bond donors (Lipinski definition) is 1. The van der Waals surface area contributed by atoms with Crippen LogP contribution in [0.1, 0.15) is 26.7 Å². The third-order valence-corrected chi connectivity index (χ3v) is 2.18. The van der Waals surface area contributed by atoms with Crippen LogP contribution in [0.25, 0.3) is 0 Å². The third kappa shape index (κ3) is 2.14. The van der Waals surface area contributed by atoms with Crippen LogP contribution in [0.15, 0.2) is 12.2 Å². The highest BCUT2D eigenvalue weighted by Gasteiger charge is 2.32. The molecule has 0 aromatic carbocycles. The summed E-state index contributed by atoms with van der Waals surface area (Å²) in [6.45, 7) is 3.45. The van der Waals surface area contributed by atoms with E-state index in [1.165, 1.54) is 0 Å². The van der Waals surface area contributed by atoms with Crippen LogP contribution in [0.2, 0.25) is 0 Å². The molecule has 1 N–H and O–H groups in total. The van der Waals surface area contributed by atoms with Gasteiger partial charge in [-0.25, -0.2) is 0 Å². The van der Waals surface area contributed by atoms with E-state index < -0.39 is 5.60 Å². The predicted octanol–water partition coefficient (Wildman–Crippen LogP) is 1.73. The van der Waals surface area contributed by atoms with Crippen LogP contribution >= 0.6 is 0 Å². The highest BCUT2D eigenvalue weighted by molar-refractivity contribution is 5.33. The smallest absolute Gasteiger partial charge is 0.193 e. The average molecular weight is 174 g/mol. The third-order valence-electron chi connectivity index (χ3n) is 2.18. The van der Waals surface area contributed by atoms with Crippen molar-refractivity contribution in [2.75, 3.05) is 0 Å². The lowest BCUT2D eigenvalue weighted by Crippen LogP contribution is -2.32. The topological polar surface area (TPSA) is 20.2 Å². The van der Waals surface area contributed by atoms with Crippen molar-refractivity contribution in [3.8, 4) is 23.7 Å². The van der Waals surface area contributed by atoms with E-state index in [2.05, 4.69) is 29.8 Å². The molecule has 0 bridgehead atoms. The second-order valence-electron chi connectivity index (χ2n) is 3.13. The number of allylic oxidation sites excluding steroid dienone is 1. The molecule has 68 valence electrons. The molecule has 0 aliphatic heterocycles. The Labute approximate surface area is 79.9 Å². The van der Waals surface area contributed by atoms with Crippen molar-refractivity contribution < 1.29 is 5.11 Å². The molecule has 0 saturated heterocycles. The van der Waals surface area contributed by atoms with Crippen LogP contribution in [-0.2, 0) is 0 Å². The molecule has 0 aromatic heterocycles. The molecular weight excluding hydrogens is 160 g/mol. The Bertz CT molecular complexity index is 297. The molecular formula is C12H14O. The largest absolute Gasteiger partial charge is 0.367 e. The van der Waals surface area contributed by atoms with E-state index in [4.69, 9.17) is 0 Å². The molecule has 0 fully saturated rings. The van der Waals surface area contributed by atoms with Crippen molar-refractivity contribution in [1.29, 1.82) is 0 Å². The summed E-state index contributed by atoms with van der Waals surface area (Å²) in [6, 6.07) is 0. The first-order chi connectivity index (χ1) is 6.23. The van der Waals surface area contributed by atoms with E-state index in [0.717, 1.165) is 12.8 Å². The summed E-state index contributed by atoms with van der Waals surface area (Å²) in [7, 11) is 0. The van der Waals surface area contributed by atoms with Gasteiger partial charge in [-0.3, -0.25) is 0 Å². The molecule has 0 spiro atoms. The van der Waals surface area contributed by atoms with Crippen molar-refractivity contribution in [3.63, 3.8) is 0 Å². The lowest BCUT2D eigenvalue weighted by atomic mass is 9.88. The summed E-state index contributed by atoms with van der Waals surface area (Å²) >= 11 is 0. The summed E-state index contributed by atoms with van der Waals surface area (Å²) in [4.78, 5) is 0. The standard InChI is InChI=1S/C12H14O/c1-3-9-12(13,10-4-2)11-7-5-6-8-11/h5,7,11,13H,6,8H2,1-2H3/t11-/m0/s1. The number of aliphatic hydroxyl groups is 1. The van der Waals surface area contributed by atoms with Gasteiger partial charge in [-0.05, 0) is 26.7 Å². The van der Waals surface area contributed by atoms with E-state index in [1.54, 1.807) is 13.8 Å². The molecule has 0 radical (unpaired) electrons. The highest BCUT2D eigenvalue weighted by Crippen LogP contribution is 2.27. The summed E-state index contributed by atoms with van der Waals surface area (Å²) in [5, 5.41) is 10.1. The second-order valence-corrected chi connectivity index (χ2v) is 3.13. The molecule has 0 aromatic rings. The van der Waals surface area contributed by atoms with Gasteiger partial charge in [0.2, 0.25) is 0 Å². The minimum Gasteiger partial charge on any atom is -0.367 e. The summed E-state index contributed by atoms with van der Waals surface area (Å²) < 4.78 is 0. The lowest BCUT2D eigenvalue weighted by molar-refractivity contribution is 0.116. The Balaban J connectivity index is 2.91. The predicted molar refractivity (Wildman–Crippen MR) is 53.7 cm³/mol. The lowest BCUT2D eigenvalue weighted by Gasteiger charge is -2.21. The molecule has 0 heterocycles. The molecule has 1 nitrogen and oxygen atoms in total. The molecule has 0 saturated carbocycles. The van der Waals surface area contributed by atoms with Gasteiger partial charge < -0.3 is 5.11 Å². The van der Waals surface area contributed by atoms with Gasteiger partial charge in [0, 0.05) is 5.92 Å². The fourth-order valence-corrected chi connectivity index (χ4v) is 1.58. The fourth-order valence-electron chi connectivity index (χ4n) is 1.58. The maximum Gasteiger partial charge on any atom is 0.193 e. The molecule has 0 amide bonds. The molecule has 1 heteroatoms. The Hall–Kier alpha value is -1.18. The first-order valence-electron chi connectivity index (χ1n) is 4.50. The van der Waals surface area contributed by atoms with Crippen molar-refractivity contribution in [3.05, 3.63) is 12.2 Å². The van der Waals surface area contributed by atoms with E-state index in [9.17, 15) is 5.11 Å². The number of hydrogen-bond acceptors (Lipinski definition) is 1. The van der Waals surface area contributed by atoms with Gasteiger partial charge in [0.05, 0.1) is 0 Å². The van der Waals surface area contributed by atoms with Crippen molar-refractivity contribution in [2.45, 2.75) is 32.3 Å². The molecule has 1 aliphatic rings. The maximum atomic E-state index is 10.1. The zero-order valence-corrected chi connectivity index (χ0v) is 8.09. The van der Waals surface area contributed by atoms with Gasteiger partial charge >= 0.3 is 0 Å². The zero-order valence-electron chi connectivity index (χ0n) is 8.09. The van der Waals surface area contributed by atoms with Crippen molar-refractivity contribution in [1.82, 2.24) is 0 Å². The molecule has 0 unspecified atom stereocenters. The van der Waals surface area contributed by atoms with Gasteiger partial charge in [0.15, 0.2) is 5.60 Å².